The largest absolute Gasteiger partial charge is 0.465 e. The summed E-state index contributed by atoms with van der Waals surface area (Å²) in [6, 6.07) is 10.7. The maximum absolute atomic E-state index is 12.5. The minimum absolute atomic E-state index is 0.0133. The lowest BCUT2D eigenvalue weighted by molar-refractivity contribution is -0.128. The number of furan rings is 1. The fourth-order valence-electron chi connectivity index (χ4n) is 2.69. The number of nitrogens with zero attached hydrogens (tertiary/aromatic N) is 2. The third-order valence-electron chi connectivity index (χ3n) is 4.19. The second-order valence-electron chi connectivity index (χ2n) is 6.43. The van der Waals surface area contributed by atoms with Gasteiger partial charge in [0.15, 0.2) is 5.58 Å². The van der Waals surface area contributed by atoms with Gasteiger partial charge in [-0.1, -0.05) is 47.9 Å². The molecule has 1 aromatic carbocycles. The van der Waals surface area contributed by atoms with Crippen LogP contribution in [0.4, 0.5) is 0 Å². The molecule has 0 aliphatic carbocycles. The Morgan fingerprint density at radius 3 is 2.78 bits per heavy atom. The summed E-state index contributed by atoms with van der Waals surface area (Å²) in [5.41, 5.74) is 6.00. The summed E-state index contributed by atoms with van der Waals surface area (Å²) in [7, 11) is 0. The first-order valence-corrected chi connectivity index (χ1v) is 11.6. The van der Waals surface area contributed by atoms with Gasteiger partial charge in [-0.3, -0.25) is 30.1 Å². The van der Waals surface area contributed by atoms with Crippen LogP contribution in [0.2, 0.25) is 0 Å². The van der Waals surface area contributed by atoms with Crippen LogP contribution in [-0.4, -0.2) is 44.2 Å². The standard InChI is InChI=1S/C20H16N4O5S3/c25-16(7-8-24-18(27)15(32-20(24)30)10-12-4-3-9-28-12)22-23-17(26)11-31-19-21-13-5-1-2-6-14(13)29-19/h1-6,9-10H,7-8,11H2,(H,22,25)(H,23,26)/b15-10+. The van der Waals surface area contributed by atoms with Gasteiger partial charge < -0.3 is 8.83 Å². The van der Waals surface area contributed by atoms with Crippen LogP contribution < -0.4 is 10.9 Å². The van der Waals surface area contributed by atoms with Crippen molar-refractivity contribution < 1.29 is 23.2 Å². The van der Waals surface area contributed by atoms with Gasteiger partial charge in [0.1, 0.15) is 15.6 Å². The molecule has 3 heterocycles. The molecular weight excluding hydrogens is 472 g/mol. The molecule has 0 radical (unpaired) electrons. The Hall–Kier alpha value is -3.09. The minimum Gasteiger partial charge on any atom is -0.465 e. The van der Waals surface area contributed by atoms with Crippen molar-refractivity contribution in [3.05, 3.63) is 53.3 Å². The Morgan fingerprint density at radius 2 is 2.00 bits per heavy atom. The maximum atomic E-state index is 12.5. The van der Waals surface area contributed by atoms with Gasteiger partial charge in [-0.2, -0.15) is 0 Å². The number of hydrazine groups is 1. The average Bonchev–Trinajstić information content (AvgIpc) is 3.50. The third kappa shape index (κ3) is 5.39. The number of fused-ring (bicyclic) bond motifs is 1. The molecule has 0 spiro atoms. The normalized spacial score (nSPS) is 15.0. The van der Waals surface area contributed by atoms with E-state index in [1.165, 1.54) is 11.2 Å². The third-order valence-corrected chi connectivity index (χ3v) is 6.40. The van der Waals surface area contributed by atoms with E-state index in [1.807, 2.05) is 18.2 Å². The number of aromatic nitrogens is 1. The number of benzene rings is 1. The van der Waals surface area contributed by atoms with Crippen LogP contribution in [0.5, 0.6) is 0 Å². The highest BCUT2D eigenvalue weighted by Crippen LogP contribution is 2.32. The zero-order valence-corrected chi connectivity index (χ0v) is 18.9. The molecule has 32 heavy (non-hydrogen) atoms. The molecule has 0 unspecified atom stereocenters. The summed E-state index contributed by atoms with van der Waals surface area (Å²) in [6.07, 6.45) is 3.09. The maximum Gasteiger partial charge on any atom is 0.266 e. The van der Waals surface area contributed by atoms with Gasteiger partial charge in [-0.25, -0.2) is 4.98 Å². The fraction of sp³-hybridized carbons (Fsp3) is 0.150. The van der Waals surface area contributed by atoms with Crippen molar-refractivity contribution in [3.8, 4) is 0 Å². The summed E-state index contributed by atoms with van der Waals surface area (Å²) < 4.78 is 11.1. The van der Waals surface area contributed by atoms with E-state index in [-0.39, 0.29) is 24.6 Å². The summed E-state index contributed by atoms with van der Waals surface area (Å²) in [5.74, 6) is -0.601. The first-order chi connectivity index (χ1) is 15.5. The van der Waals surface area contributed by atoms with Gasteiger partial charge in [-0.05, 0) is 24.3 Å². The van der Waals surface area contributed by atoms with E-state index in [9.17, 15) is 14.4 Å². The van der Waals surface area contributed by atoms with Crippen molar-refractivity contribution in [3.63, 3.8) is 0 Å². The van der Waals surface area contributed by atoms with E-state index in [0.717, 1.165) is 23.5 Å². The minimum atomic E-state index is -0.450. The molecule has 2 aromatic heterocycles. The molecule has 3 amide bonds. The number of carbonyl (C=O) groups excluding carboxylic acids is 3. The molecule has 2 N–H and O–H groups in total. The van der Waals surface area contributed by atoms with Crippen LogP contribution >= 0.6 is 35.7 Å². The Kier molecular flexibility index (Phi) is 6.93. The number of oxazole rings is 1. The molecule has 1 aliphatic rings. The summed E-state index contributed by atoms with van der Waals surface area (Å²) >= 11 is 7.49. The molecule has 12 heteroatoms. The lowest BCUT2D eigenvalue weighted by atomic mass is 10.3. The van der Waals surface area contributed by atoms with Gasteiger partial charge in [-0.15, -0.1) is 0 Å². The van der Waals surface area contributed by atoms with Gasteiger partial charge >= 0.3 is 0 Å². The number of hydrogen-bond donors (Lipinski definition) is 2. The van der Waals surface area contributed by atoms with Crippen LogP contribution in [0.1, 0.15) is 12.2 Å². The lowest BCUT2D eigenvalue weighted by Crippen LogP contribution is -2.44. The Labute approximate surface area is 195 Å². The number of rotatable bonds is 7. The van der Waals surface area contributed by atoms with E-state index in [1.54, 1.807) is 24.3 Å². The van der Waals surface area contributed by atoms with Crippen LogP contribution in [-0.2, 0) is 14.4 Å². The zero-order valence-electron chi connectivity index (χ0n) is 16.4. The molecule has 4 rings (SSSR count). The van der Waals surface area contributed by atoms with Crippen molar-refractivity contribution in [2.75, 3.05) is 12.3 Å². The SMILES string of the molecule is O=C(CCN1C(=O)/C(=C\c2ccco2)SC1=S)NNC(=O)CSc1nc2ccccc2o1. The Bertz CT molecular complexity index is 1170. The average molecular weight is 489 g/mol. The molecular formula is C20H16N4O5S3. The van der Waals surface area contributed by atoms with Crippen molar-refractivity contribution in [2.45, 2.75) is 11.6 Å². The Balaban J connectivity index is 1.19. The van der Waals surface area contributed by atoms with Crippen molar-refractivity contribution in [1.29, 1.82) is 0 Å². The zero-order chi connectivity index (χ0) is 22.5. The molecule has 1 saturated heterocycles. The quantitative estimate of drug-likeness (QED) is 0.224. The first-order valence-electron chi connectivity index (χ1n) is 9.34. The van der Waals surface area contributed by atoms with Crippen LogP contribution in [0.25, 0.3) is 17.2 Å². The summed E-state index contributed by atoms with van der Waals surface area (Å²) in [4.78, 5) is 42.6. The van der Waals surface area contributed by atoms with Crippen molar-refractivity contribution in [2.24, 2.45) is 0 Å². The number of thioether (sulfide) groups is 2. The van der Waals surface area contributed by atoms with E-state index < -0.39 is 11.8 Å². The molecule has 1 aliphatic heterocycles. The molecule has 0 bridgehead atoms. The van der Waals surface area contributed by atoms with Crippen molar-refractivity contribution in [1.82, 2.24) is 20.7 Å². The number of carbonyl (C=O) groups is 3. The highest BCUT2D eigenvalue weighted by atomic mass is 32.2. The second kappa shape index (κ2) is 10.0. The van der Waals surface area contributed by atoms with Crippen LogP contribution in [0.15, 0.2) is 61.6 Å². The summed E-state index contributed by atoms with van der Waals surface area (Å²) in [6.45, 7) is 0.0967. The van der Waals surface area contributed by atoms with Gasteiger partial charge in [0, 0.05) is 19.0 Å². The Morgan fingerprint density at radius 1 is 1.19 bits per heavy atom. The van der Waals surface area contributed by atoms with E-state index in [4.69, 9.17) is 21.1 Å². The molecule has 0 saturated carbocycles. The van der Waals surface area contributed by atoms with Crippen LogP contribution in [0, 0.1) is 0 Å². The predicted octanol–water partition coefficient (Wildman–Crippen LogP) is 2.95. The van der Waals surface area contributed by atoms with E-state index in [2.05, 4.69) is 15.8 Å². The van der Waals surface area contributed by atoms with Crippen LogP contribution in [0.3, 0.4) is 0 Å². The lowest BCUT2D eigenvalue weighted by Gasteiger charge is -2.14. The summed E-state index contributed by atoms with van der Waals surface area (Å²) in [5, 5.41) is 0.365. The smallest absolute Gasteiger partial charge is 0.266 e. The molecule has 9 nitrogen and oxygen atoms in total. The number of hydrogen-bond acceptors (Lipinski definition) is 9. The van der Waals surface area contributed by atoms with Gasteiger partial charge in [0.05, 0.1) is 16.9 Å². The molecule has 164 valence electrons. The highest BCUT2D eigenvalue weighted by Gasteiger charge is 2.32. The molecule has 1 fully saturated rings. The fourth-order valence-corrected chi connectivity index (χ4v) is 4.61. The van der Waals surface area contributed by atoms with Gasteiger partial charge in [0.2, 0.25) is 11.8 Å². The number of amides is 3. The van der Waals surface area contributed by atoms with Crippen molar-refractivity contribution >= 4 is 75.0 Å². The number of thiocarbonyl (C=S) groups is 1. The number of nitrogens with one attached hydrogen (secondary N) is 2. The first kappa shape index (κ1) is 22.1. The van der Waals surface area contributed by atoms with Gasteiger partial charge in [0.25, 0.3) is 11.1 Å². The molecule has 0 atom stereocenters. The monoisotopic (exact) mass is 488 g/mol. The number of para-hydroxylation sites is 2. The second-order valence-corrected chi connectivity index (χ2v) is 9.03. The molecule has 3 aromatic rings. The van der Waals surface area contributed by atoms with E-state index >= 15 is 0 Å². The van der Waals surface area contributed by atoms with E-state index in [0.29, 0.717) is 31.3 Å². The topological polar surface area (TPSA) is 118 Å². The predicted molar refractivity (Wildman–Crippen MR) is 124 cm³/mol. The highest BCUT2D eigenvalue weighted by molar-refractivity contribution is 8.26.